The van der Waals surface area contributed by atoms with Crippen LogP contribution >= 0.6 is 15.9 Å². The maximum Gasteiger partial charge on any atom is 0.146 e. The molecule has 1 aliphatic heterocycles. The molecule has 0 amide bonds. The van der Waals surface area contributed by atoms with Gasteiger partial charge < -0.3 is 20.5 Å². The average molecular weight is 501 g/mol. The van der Waals surface area contributed by atoms with Gasteiger partial charge >= 0.3 is 0 Å². The second-order valence-corrected chi connectivity index (χ2v) is 10.2. The number of nitrogens with one attached hydrogen (secondary N) is 1. The summed E-state index contributed by atoms with van der Waals surface area (Å²) < 4.78 is 16.2. The minimum atomic E-state index is -0.168. The monoisotopic (exact) mass is 500 g/mol. The van der Waals surface area contributed by atoms with Gasteiger partial charge in [0.05, 0.1) is 5.39 Å². The molecule has 1 aliphatic carbocycles. The summed E-state index contributed by atoms with van der Waals surface area (Å²) in [5.41, 5.74) is 8.18. The fraction of sp³-hybridized carbons (Fsp3) is 0.500. The van der Waals surface area contributed by atoms with Gasteiger partial charge in [-0.25, -0.2) is 14.4 Å². The molecule has 1 saturated heterocycles. The number of nitrogen functional groups attached to an aromatic ring is 1. The molecule has 2 unspecified atom stereocenters. The molecule has 32 heavy (non-hydrogen) atoms. The Bertz CT molecular complexity index is 1060. The SMILES string of the molecule is Nc1ncnc2c1c(Br)cn2C1CCC(CN2CC(CNCCc3ccc(F)cc3)C2)C1. The summed E-state index contributed by atoms with van der Waals surface area (Å²) in [6.45, 7) is 5.58. The molecular formula is C24H30BrFN6. The van der Waals surface area contributed by atoms with Gasteiger partial charge in [0.25, 0.3) is 0 Å². The average Bonchev–Trinajstić information content (AvgIpc) is 3.35. The number of hydrogen-bond acceptors (Lipinski definition) is 5. The smallest absolute Gasteiger partial charge is 0.146 e. The lowest BCUT2D eigenvalue weighted by molar-refractivity contribution is 0.0814. The number of hydrogen-bond donors (Lipinski definition) is 2. The van der Waals surface area contributed by atoms with Gasteiger partial charge in [-0.05, 0) is 77.7 Å². The number of benzene rings is 1. The molecule has 2 aliphatic rings. The van der Waals surface area contributed by atoms with Crippen LogP contribution in [0.3, 0.4) is 0 Å². The van der Waals surface area contributed by atoms with Crippen LogP contribution < -0.4 is 11.1 Å². The first kappa shape index (κ1) is 21.8. The van der Waals surface area contributed by atoms with Crippen LogP contribution in [0.15, 0.2) is 41.3 Å². The first-order valence-corrected chi connectivity index (χ1v) is 12.3. The molecule has 3 aromatic rings. The molecule has 170 valence electrons. The van der Waals surface area contributed by atoms with Crippen LogP contribution in [0.2, 0.25) is 0 Å². The summed E-state index contributed by atoms with van der Waals surface area (Å²) in [5.74, 6) is 1.85. The molecule has 1 aromatic carbocycles. The maximum absolute atomic E-state index is 13.0. The molecule has 1 saturated carbocycles. The Morgan fingerprint density at radius 2 is 1.94 bits per heavy atom. The Kier molecular flexibility index (Phi) is 6.44. The highest BCUT2D eigenvalue weighted by Gasteiger charge is 2.33. The first-order valence-electron chi connectivity index (χ1n) is 11.5. The molecule has 2 atom stereocenters. The van der Waals surface area contributed by atoms with Gasteiger partial charge in [-0.1, -0.05) is 12.1 Å². The summed E-state index contributed by atoms with van der Waals surface area (Å²) in [6.07, 6.45) is 8.27. The van der Waals surface area contributed by atoms with Gasteiger partial charge in [0.2, 0.25) is 0 Å². The van der Waals surface area contributed by atoms with E-state index in [1.165, 1.54) is 56.6 Å². The van der Waals surface area contributed by atoms with E-state index in [4.69, 9.17) is 5.73 Å². The number of aromatic nitrogens is 3. The third-order valence-electron chi connectivity index (χ3n) is 6.99. The fourth-order valence-corrected chi connectivity index (χ4v) is 5.92. The number of anilines is 1. The van der Waals surface area contributed by atoms with E-state index in [-0.39, 0.29) is 5.82 Å². The minimum absolute atomic E-state index is 0.168. The quantitative estimate of drug-likeness (QED) is 0.457. The van der Waals surface area contributed by atoms with E-state index in [2.05, 4.69) is 46.9 Å². The van der Waals surface area contributed by atoms with Crippen molar-refractivity contribution in [2.45, 2.75) is 31.7 Å². The van der Waals surface area contributed by atoms with Gasteiger partial charge in [-0.3, -0.25) is 0 Å². The molecule has 0 bridgehead atoms. The predicted octanol–water partition coefficient (Wildman–Crippen LogP) is 4.02. The predicted molar refractivity (Wildman–Crippen MR) is 129 cm³/mol. The number of nitrogens with two attached hydrogens (primary N) is 1. The molecule has 0 spiro atoms. The normalized spacial score (nSPS) is 21.9. The van der Waals surface area contributed by atoms with Crippen molar-refractivity contribution in [3.8, 4) is 0 Å². The van der Waals surface area contributed by atoms with Crippen molar-refractivity contribution in [2.75, 3.05) is 38.5 Å². The lowest BCUT2D eigenvalue weighted by Gasteiger charge is -2.41. The number of likely N-dealkylation sites (tertiary alicyclic amines) is 1. The van der Waals surface area contributed by atoms with Crippen LogP contribution in [0, 0.1) is 17.7 Å². The van der Waals surface area contributed by atoms with Crippen molar-refractivity contribution < 1.29 is 4.39 Å². The third kappa shape index (κ3) is 4.67. The van der Waals surface area contributed by atoms with E-state index in [9.17, 15) is 4.39 Å². The largest absolute Gasteiger partial charge is 0.383 e. The van der Waals surface area contributed by atoms with Crippen molar-refractivity contribution in [3.05, 3.63) is 52.6 Å². The minimum Gasteiger partial charge on any atom is -0.383 e. The number of rotatable bonds is 8. The van der Waals surface area contributed by atoms with Crippen LogP contribution in [-0.4, -0.2) is 52.2 Å². The zero-order valence-electron chi connectivity index (χ0n) is 18.2. The van der Waals surface area contributed by atoms with Crippen molar-refractivity contribution in [1.29, 1.82) is 0 Å². The van der Waals surface area contributed by atoms with Crippen molar-refractivity contribution in [2.24, 2.45) is 11.8 Å². The van der Waals surface area contributed by atoms with Crippen LogP contribution in [0.5, 0.6) is 0 Å². The summed E-state index contributed by atoms with van der Waals surface area (Å²) in [6, 6.07) is 7.29. The van der Waals surface area contributed by atoms with Gasteiger partial charge in [-0.2, -0.15) is 0 Å². The van der Waals surface area contributed by atoms with Gasteiger partial charge in [0.1, 0.15) is 23.6 Å². The number of nitrogens with zero attached hydrogens (tertiary/aromatic N) is 4. The van der Waals surface area contributed by atoms with E-state index in [1.807, 2.05) is 12.1 Å². The van der Waals surface area contributed by atoms with Gasteiger partial charge in [0, 0.05) is 42.9 Å². The molecule has 0 radical (unpaired) electrons. The molecule has 2 fully saturated rings. The summed E-state index contributed by atoms with van der Waals surface area (Å²) in [7, 11) is 0. The number of fused-ring (bicyclic) bond motifs is 1. The standard InChI is InChI=1S/C24H30BrFN6/c25-21-14-32(24-22(21)23(27)29-15-30-24)20-6-3-17(9-20)11-31-12-18(13-31)10-28-8-7-16-1-4-19(26)5-2-16/h1-2,4-5,14-15,17-18,20,28H,3,6-13H2,(H2,27,29,30). The Morgan fingerprint density at radius 1 is 1.12 bits per heavy atom. The van der Waals surface area contributed by atoms with E-state index in [0.717, 1.165) is 46.9 Å². The highest BCUT2D eigenvalue weighted by atomic mass is 79.9. The molecule has 5 rings (SSSR count). The van der Waals surface area contributed by atoms with E-state index >= 15 is 0 Å². The fourth-order valence-electron chi connectivity index (χ4n) is 5.32. The number of halogens is 2. The van der Waals surface area contributed by atoms with Crippen molar-refractivity contribution in [1.82, 2.24) is 24.8 Å². The third-order valence-corrected chi connectivity index (χ3v) is 7.59. The Labute approximate surface area is 196 Å². The van der Waals surface area contributed by atoms with Crippen molar-refractivity contribution >= 4 is 32.8 Å². The first-order chi connectivity index (χ1) is 15.6. The molecule has 3 heterocycles. The Morgan fingerprint density at radius 3 is 2.75 bits per heavy atom. The summed E-state index contributed by atoms with van der Waals surface area (Å²) in [4.78, 5) is 11.2. The van der Waals surface area contributed by atoms with Gasteiger partial charge in [0.15, 0.2) is 0 Å². The van der Waals surface area contributed by atoms with Crippen molar-refractivity contribution in [3.63, 3.8) is 0 Å². The molecule has 6 nitrogen and oxygen atoms in total. The zero-order chi connectivity index (χ0) is 22.1. The Balaban J connectivity index is 1.04. The Hall–Kier alpha value is -2.03. The van der Waals surface area contributed by atoms with Crippen LogP contribution in [0.1, 0.15) is 30.9 Å². The zero-order valence-corrected chi connectivity index (χ0v) is 19.8. The van der Waals surface area contributed by atoms with E-state index in [1.54, 1.807) is 6.33 Å². The highest BCUT2D eigenvalue weighted by Crippen LogP contribution is 2.40. The highest BCUT2D eigenvalue weighted by molar-refractivity contribution is 9.10. The second kappa shape index (κ2) is 9.45. The maximum atomic E-state index is 13.0. The van der Waals surface area contributed by atoms with Crippen LogP contribution in [0.25, 0.3) is 11.0 Å². The summed E-state index contributed by atoms with van der Waals surface area (Å²) >= 11 is 3.63. The molecular weight excluding hydrogens is 471 g/mol. The van der Waals surface area contributed by atoms with Crippen LogP contribution in [-0.2, 0) is 6.42 Å². The van der Waals surface area contributed by atoms with Crippen LogP contribution in [0.4, 0.5) is 10.2 Å². The van der Waals surface area contributed by atoms with E-state index < -0.39 is 0 Å². The molecule has 3 N–H and O–H groups in total. The lowest BCUT2D eigenvalue weighted by Crippen LogP contribution is -2.52. The molecule has 2 aromatic heterocycles. The topological polar surface area (TPSA) is 72.0 Å². The second-order valence-electron chi connectivity index (χ2n) is 9.34. The van der Waals surface area contributed by atoms with E-state index in [0.29, 0.717) is 11.9 Å². The molecule has 8 heteroatoms. The van der Waals surface area contributed by atoms with Gasteiger partial charge in [-0.15, -0.1) is 0 Å². The lowest BCUT2D eigenvalue weighted by atomic mass is 9.97. The summed E-state index contributed by atoms with van der Waals surface area (Å²) in [5, 5.41) is 4.49.